The third-order valence-electron chi connectivity index (χ3n) is 3.90. The lowest BCUT2D eigenvalue weighted by molar-refractivity contribution is -0.0674. The number of benzene rings is 1. The largest absolute Gasteiger partial charge is 0.478 e. The van der Waals surface area contributed by atoms with Gasteiger partial charge in [-0.3, -0.25) is 0 Å². The van der Waals surface area contributed by atoms with Gasteiger partial charge in [0.1, 0.15) is 0 Å². The Labute approximate surface area is 123 Å². The van der Waals surface area contributed by atoms with Crippen molar-refractivity contribution in [3.05, 3.63) is 35.4 Å². The van der Waals surface area contributed by atoms with Crippen molar-refractivity contribution >= 4 is 12.0 Å². The lowest BCUT2D eigenvalue weighted by atomic mass is 9.80. The lowest BCUT2D eigenvalue weighted by Crippen LogP contribution is -2.51. The van der Waals surface area contributed by atoms with E-state index in [0.717, 1.165) is 24.8 Å². The molecule has 0 aromatic heterocycles. The smallest absolute Gasteiger partial charge is 0.335 e. The molecular formula is C15H20N2O4. The molecule has 0 aliphatic heterocycles. The number of carbonyl (C=O) groups excluding carboxylic acids is 1. The topological polar surface area (TPSA) is 87.7 Å². The zero-order valence-corrected chi connectivity index (χ0v) is 12.0. The molecule has 6 nitrogen and oxygen atoms in total. The van der Waals surface area contributed by atoms with Crippen molar-refractivity contribution in [2.75, 3.05) is 13.7 Å². The van der Waals surface area contributed by atoms with E-state index in [2.05, 4.69) is 10.6 Å². The first-order valence-electron chi connectivity index (χ1n) is 6.94. The van der Waals surface area contributed by atoms with Crippen molar-refractivity contribution in [2.24, 2.45) is 0 Å². The normalized spacial score (nSPS) is 15.9. The molecule has 1 aromatic rings. The zero-order valence-electron chi connectivity index (χ0n) is 12.0. The highest BCUT2D eigenvalue weighted by Gasteiger charge is 2.37. The minimum Gasteiger partial charge on any atom is -0.478 e. The van der Waals surface area contributed by atoms with E-state index in [4.69, 9.17) is 9.84 Å². The third kappa shape index (κ3) is 3.95. The zero-order chi connectivity index (χ0) is 15.3. The van der Waals surface area contributed by atoms with Gasteiger partial charge in [-0.25, -0.2) is 9.59 Å². The molecule has 1 aliphatic rings. The van der Waals surface area contributed by atoms with Gasteiger partial charge in [-0.05, 0) is 37.0 Å². The van der Waals surface area contributed by atoms with Crippen LogP contribution in [0.1, 0.15) is 35.2 Å². The summed E-state index contributed by atoms with van der Waals surface area (Å²) in [6.45, 7) is 0.775. The summed E-state index contributed by atoms with van der Waals surface area (Å²) < 4.78 is 5.42. The van der Waals surface area contributed by atoms with Crippen molar-refractivity contribution < 1.29 is 19.4 Å². The molecule has 0 saturated heterocycles. The van der Waals surface area contributed by atoms with Crippen LogP contribution in [0.3, 0.4) is 0 Å². The summed E-state index contributed by atoms with van der Waals surface area (Å²) in [6.07, 6.45) is 3.05. The van der Waals surface area contributed by atoms with E-state index in [1.165, 1.54) is 6.07 Å². The number of carboxylic acid groups (broad SMARTS) is 1. The molecule has 2 rings (SSSR count). The van der Waals surface area contributed by atoms with Crippen LogP contribution >= 0.6 is 0 Å². The molecule has 0 unspecified atom stereocenters. The van der Waals surface area contributed by atoms with E-state index in [1.807, 2.05) is 0 Å². The van der Waals surface area contributed by atoms with Crippen LogP contribution in [0.5, 0.6) is 0 Å². The molecule has 1 aromatic carbocycles. The second-order valence-electron chi connectivity index (χ2n) is 5.28. The lowest BCUT2D eigenvalue weighted by Gasteiger charge is -2.40. The molecule has 3 N–H and O–H groups in total. The van der Waals surface area contributed by atoms with Gasteiger partial charge in [0.05, 0.1) is 11.2 Å². The molecule has 6 heteroatoms. The van der Waals surface area contributed by atoms with Crippen LogP contribution < -0.4 is 10.6 Å². The maximum atomic E-state index is 11.7. The van der Waals surface area contributed by atoms with Gasteiger partial charge in [-0.2, -0.15) is 0 Å². The highest BCUT2D eigenvalue weighted by Crippen LogP contribution is 2.34. The molecule has 0 bridgehead atoms. The molecule has 0 radical (unpaired) electrons. The fraction of sp³-hybridized carbons (Fsp3) is 0.467. The molecule has 0 heterocycles. The minimum absolute atomic E-state index is 0.208. The van der Waals surface area contributed by atoms with Crippen LogP contribution in [0.2, 0.25) is 0 Å². The molecular weight excluding hydrogens is 272 g/mol. The summed E-state index contributed by atoms with van der Waals surface area (Å²) in [7, 11) is 1.66. The Morgan fingerprint density at radius 1 is 1.33 bits per heavy atom. The van der Waals surface area contributed by atoms with E-state index in [9.17, 15) is 9.59 Å². The van der Waals surface area contributed by atoms with Gasteiger partial charge in [-0.1, -0.05) is 12.1 Å². The molecule has 1 saturated carbocycles. The summed E-state index contributed by atoms with van der Waals surface area (Å²) in [5.41, 5.74) is 0.748. The molecule has 2 amide bonds. The minimum atomic E-state index is -0.978. The molecule has 1 aliphatic carbocycles. The second-order valence-corrected chi connectivity index (χ2v) is 5.28. The Bertz CT molecular complexity index is 521. The number of nitrogens with one attached hydrogen (secondary N) is 2. The van der Waals surface area contributed by atoms with Crippen LogP contribution in [-0.4, -0.2) is 36.4 Å². The Balaban J connectivity index is 1.78. The van der Waals surface area contributed by atoms with Crippen molar-refractivity contribution in [1.29, 1.82) is 0 Å². The first kappa shape index (κ1) is 15.3. The summed E-state index contributed by atoms with van der Waals surface area (Å²) >= 11 is 0. The van der Waals surface area contributed by atoms with Crippen molar-refractivity contribution in [2.45, 2.75) is 31.4 Å². The summed E-state index contributed by atoms with van der Waals surface area (Å²) in [4.78, 5) is 22.6. The standard InChI is InChI=1S/C15H20N2O4/c1-21-15(6-3-7-15)10-17-14(20)16-9-11-4-2-5-12(8-11)13(18)19/h2,4-5,8H,3,6-7,9-10H2,1H3,(H,18,19)(H2,16,17,20). The number of urea groups is 1. The SMILES string of the molecule is COC1(CNC(=O)NCc2cccc(C(=O)O)c2)CCC1. The number of hydrogen-bond acceptors (Lipinski definition) is 3. The number of ether oxygens (including phenoxy) is 1. The number of hydrogen-bond donors (Lipinski definition) is 3. The van der Waals surface area contributed by atoms with Gasteiger partial charge in [0.15, 0.2) is 0 Å². The van der Waals surface area contributed by atoms with Crippen molar-refractivity contribution in [3.63, 3.8) is 0 Å². The molecule has 0 spiro atoms. The van der Waals surface area contributed by atoms with Crippen LogP contribution in [0.25, 0.3) is 0 Å². The van der Waals surface area contributed by atoms with Gasteiger partial charge in [0.25, 0.3) is 0 Å². The predicted molar refractivity (Wildman–Crippen MR) is 77.2 cm³/mol. The number of aromatic carboxylic acids is 1. The van der Waals surface area contributed by atoms with Gasteiger partial charge in [0.2, 0.25) is 0 Å². The van der Waals surface area contributed by atoms with Crippen LogP contribution in [0.4, 0.5) is 4.79 Å². The van der Waals surface area contributed by atoms with Gasteiger partial charge >= 0.3 is 12.0 Å². The molecule has 114 valence electrons. The number of methoxy groups -OCH3 is 1. The van der Waals surface area contributed by atoms with E-state index in [-0.39, 0.29) is 23.7 Å². The van der Waals surface area contributed by atoms with Crippen LogP contribution in [-0.2, 0) is 11.3 Å². The van der Waals surface area contributed by atoms with Gasteiger partial charge < -0.3 is 20.5 Å². The number of amides is 2. The average molecular weight is 292 g/mol. The Hall–Kier alpha value is -2.08. The average Bonchev–Trinajstić information content (AvgIpc) is 2.44. The first-order valence-corrected chi connectivity index (χ1v) is 6.94. The highest BCUT2D eigenvalue weighted by atomic mass is 16.5. The maximum Gasteiger partial charge on any atom is 0.335 e. The Morgan fingerprint density at radius 2 is 2.10 bits per heavy atom. The summed E-state index contributed by atoms with van der Waals surface area (Å²) in [5, 5.41) is 14.4. The van der Waals surface area contributed by atoms with E-state index < -0.39 is 5.97 Å². The molecule has 1 fully saturated rings. The predicted octanol–water partition coefficient (Wildman–Crippen LogP) is 1.75. The Morgan fingerprint density at radius 3 is 2.67 bits per heavy atom. The summed E-state index contributed by atoms with van der Waals surface area (Å²) in [6, 6.07) is 6.22. The monoisotopic (exact) mass is 292 g/mol. The van der Waals surface area contributed by atoms with Crippen LogP contribution in [0.15, 0.2) is 24.3 Å². The first-order chi connectivity index (χ1) is 10.0. The number of carboxylic acids is 1. The third-order valence-corrected chi connectivity index (χ3v) is 3.90. The second kappa shape index (κ2) is 6.58. The Kier molecular flexibility index (Phi) is 4.80. The summed E-state index contributed by atoms with van der Waals surface area (Å²) in [5.74, 6) is -0.978. The quantitative estimate of drug-likeness (QED) is 0.745. The molecule has 21 heavy (non-hydrogen) atoms. The molecule has 0 atom stereocenters. The van der Waals surface area contributed by atoms with Crippen molar-refractivity contribution in [3.8, 4) is 0 Å². The maximum absolute atomic E-state index is 11.7. The van der Waals surface area contributed by atoms with E-state index >= 15 is 0 Å². The fourth-order valence-corrected chi connectivity index (χ4v) is 2.32. The number of rotatable bonds is 6. The van der Waals surface area contributed by atoms with Crippen LogP contribution in [0, 0.1) is 0 Å². The van der Waals surface area contributed by atoms with Gasteiger partial charge in [-0.15, -0.1) is 0 Å². The van der Waals surface area contributed by atoms with Gasteiger partial charge in [0, 0.05) is 20.2 Å². The van der Waals surface area contributed by atoms with Crippen molar-refractivity contribution in [1.82, 2.24) is 10.6 Å². The fourth-order valence-electron chi connectivity index (χ4n) is 2.32. The van der Waals surface area contributed by atoms with E-state index in [0.29, 0.717) is 6.54 Å². The highest BCUT2D eigenvalue weighted by molar-refractivity contribution is 5.87. The van der Waals surface area contributed by atoms with E-state index in [1.54, 1.807) is 25.3 Å². The number of carbonyl (C=O) groups is 2.